The van der Waals surface area contributed by atoms with E-state index < -0.39 is 0 Å². The number of para-hydroxylation sites is 1. The predicted molar refractivity (Wildman–Crippen MR) is 70.7 cm³/mol. The SMILES string of the molecule is CCCCN(CC)C(=O)c1ccccc1NN. The molecule has 0 atom stereocenters. The lowest BCUT2D eigenvalue weighted by Gasteiger charge is -2.21. The third kappa shape index (κ3) is 3.46. The molecule has 0 radical (unpaired) electrons. The number of hydrogen-bond acceptors (Lipinski definition) is 3. The molecule has 0 spiro atoms. The van der Waals surface area contributed by atoms with Crippen LogP contribution >= 0.6 is 0 Å². The smallest absolute Gasteiger partial charge is 0.255 e. The fourth-order valence-corrected chi connectivity index (χ4v) is 1.72. The second-order valence-electron chi connectivity index (χ2n) is 3.93. The van der Waals surface area contributed by atoms with Crippen LogP contribution in [0.2, 0.25) is 0 Å². The van der Waals surface area contributed by atoms with Crippen LogP contribution in [0.5, 0.6) is 0 Å². The third-order valence-electron chi connectivity index (χ3n) is 2.76. The van der Waals surface area contributed by atoms with E-state index in [0.717, 1.165) is 25.9 Å². The highest BCUT2D eigenvalue weighted by Crippen LogP contribution is 2.16. The topological polar surface area (TPSA) is 58.4 Å². The Morgan fingerprint density at radius 3 is 2.65 bits per heavy atom. The number of nitrogens with two attached hydrogens (primary N) is 1. The van der Waals surface area contributed by atoms with E-state index in [1.54, 1.807) is 12.1 Å². The lowest BCUT2D eigenvalue weighted by molar-refractivity contribution is 0.0763. The van der Waals surface area contributed by atoms with Crippen LogP contribution in [0.25, 0.3) is 0 Å². The molecule has 1 rings (SSSR count). The highest BCUT2D eigenvalue weighted by Gasteiger charge is 2.16. The normalized spacial score (nSPS) is 10.1. The number of hydrogen-bond donors (Lipinski definition) is 2. The average molecular weight is 235 g/mol. The highest BCUT2D eigenvalue weighted by molar-refractivity contribution is 5.99. The zero-order valence-corrected chi connectivity index (χ0v) is 10.6. The van der Waals surface area contributed by atoms with Gasteiger partial charge in [-0.15, -0.1) is 0 Å². The first-order valence-corrected chi connectivity index (χ1v) is 6.09. The summed E-state index contributed by atoms with van der Waals surface area (Å²) in [5.41, 5.74) is 3.87. The van der Waals surface area contributed by atoms with E-state index in [2.05, 4.69) is 12.3 Å². The van der Waals surface area contributed by atoms with Gasteiger partial charge in [-0.05, 0) is 25.5 Å². The molecule has 1 amide bonds. The van der Waals surface area contributed by atoms with E-state index in [1.165, 1.54) is 0 Å². The molecular formula is C13H21N3O. The molecule has 0 fully saturated rings. The maximum Gasteiger partial charge on any atom is 0.255 e. The van der Waals surface area contributed by atoms with Crippen LogP contribution < -0.4 is 11.3 Å². The molecule has 0 heterocycles. The van der Waals surface area contributed by atoms with Gasteiger partial charge in [-0.25, -0.2) is 0 Å². The second kappa shape index (κ2) is 6.91. The molecule has 3 N–H and O–H groups in total. The van der Waals surface area contributed by atoms with Crippen molar-refractivity contribution in [2.45, 2.75) is 26.7 Å². The molecule has 0 bridgehead atoms. The van der Waals surface area contributed by atoms with Crippen LogP contribution in [-0.4, -0.2) is 23.9 Å². The molecule has 0 aliphatic heterocycles. The number of anilines is 1. The molecule has 0 saturated carbocycles. The first-order valence-electron chi connectivity index (χ1n) is 6.09. The van der Waals surface area contributed by atoms with Crippen molar-refractivity contribution >= 4 is 11.6 Å². The van der Waals surface area contributed by atoms with Crippen molar-refractivity contribution in [3.05, 3.63) is 29.8 Å². The van der Waals surface area contributed by atoms with E-state index >= 15 is 0 Å². The Labute approximate surface area is 103 Å². The third-order valence-corrected chi connectivity index (χ3v) is 2.76. The number of carbonyl (C=O) groups excluding carboxylic acids is 1. The maximum absolute atomic E-state index is 12.3. The number of nitrogens with zero attached hydrogens (tertiary/aromatic N) is 1. The molecule has 1 aromatic rings. The van der Waals surface area contributed by atoms with Crippen LogP contribution in [0.4, 0.5) is 5.69 Å². The molecule has 0 aromatic heterocycles. The minimum absolute atomic E-state index is 0.0366. The summed E-state index contributed by atoms with van der Waals surface area (Å²) in [4.78, 5) is 14.1. The lowest BCUT2D eigenvalue weighted by atomic mass is 10.1. The molecule has 0 aliphatic rings. The van der Waals surface area contributed by atoms with Crippen LogP contribution in [0.15, 0.2) is 24.3 Å². The number of unbranched alkanes of at least 4 members (excludes halogenated alkanes) is 1. The van der Waals surface area contributed by atoms with Crippen molar-refractivity contribution in [1.29, 1.82) is 0 Å². The van der Waals surface area contributed by atoms with E-state index in [0.29, 0.717) is 11.3 Å². The molecule has 4 heteroatoms. The van der Waals surface area contributed by atoms with Gasteiger partial charge in [0, 0.05) is 13.1 Å². The van der Waals surface area contributed by atoms with Gasteiger partial charge in [0.1, 0.15) is 0 Å². The summed E-state index contributed by atoms with van der Waals surface area (Å²) in [5.74, 6) is 5.45. The first-order chi connectivity index (χ1) is 8.24. The standard InChI is InChI=1S/C13H21N3O/c1-3-5-10-16(4-2)13(17)11-8-6-7-9-12(11)15-14/h6-9,15H,3-5,10,14H2,1-2H3. The van der Waals surface area contributed by atoms with Crippen LogP contribution in [0.3, 0.4) is 0 Å². The lowest BCUT2D eigenvalue weighted by Crippen LogP contribution is -2.32. The molecule has 94 valence electrons. The number of carbonyl (C=O) groups is 1. The summed E-state index contributed by atoms with van der Waals surface area (Å²) in [5, 5.41) is 0. The van der Waals surface area contributed by atoms with Crippen molar-refractivity contribution in [2.24, 2.45) is 5.84 Å². The molecular weight excluding hydrogens is 214 g/mol. The van der Waals surface area contributed by atoms with Crippen molar-refractivity contribution in [2.75, 3.05) is 18.5 Å². The van der Waals surface area contributed by atoms with E-state index in [9.17, 15) is 4.79 Å². The fourth-order valence-electron chi connectivity index (χ4n) is 1.72. The van der Waals surface area contributed by atoms with Gasteiger partial charge in [0.05, 0.1) is 11.3 Å². The Morgan fingerprint density at radius 2 is 2.06 bits per heavy atom. The van der Waals surface area contributed by atoms with Crippen molar-refractivity contribution in [3.63, 3.8) is 0 Å². The van der Waals surface area contributed by atoms with E-state index in [1.807, 2.05) is 24.0 Å². The predicted octanol–water partition coefficient (Wildman–Crippen LogP) is 2.23. The summed E-state index contributed by atoms with van der Waals surface area (Å²) < 4.78 is 0. The number of benzene rings is 1. The summed E-state index contributed by atoms with van der Waals surface area (Å²) in [6, 6.07) is 7.31. The van der Waals surface area contributed by atoms with Gasteiger partial charge in [0.15, 0.2) is 0 Å². The van der Waals surface area contributed by atoms with Gasteiger partial charge in [-0.3, -0.25) is 10.6 Å². The summed E-state index contributed by atoms with van der Waals surface area (Å²) in [6.07, 6.45) is 2.11. The molecule has 17 heavy (non-hydrogen) atoms. The Bertz CT molecular complexity index is 365. The van der Waals surface area contributed by atoms with Gasteiger partial charge in [-0.2, -0.15) is 0 Å². The molecule has 4 nitrogen and oxygen atoms in total. The number of rotatable bonds is 6. The van der Waals surface area contributed by atoms with E-state index in [4.69, 9.17) is 5.84 Å². The zero-order valence-electron chi connectivity index (χ0n) is 10.6. The number of nitrogen functional groups attached to an aromatic ring is 1. The minimum atomic E-state index is 0.0366. The number of hydrazine groups is 1. The van der Waals surface area contributed by atoms with Gasteiger partial charge in [-0.1, -0.05) is 25.5 Å². The molecule has 0 saturated heterocycles. The fraction of sp³-hybridized carbons (Fsp3) is 0.462. The first kappa shape index (κ1) is 13.5. The van der Waals surface area contributed by atoms with Gasteiger partial charge < -0.3 is 10.3 Å². The van der Waals surface area contributed by atoms with Gasteiger partial charge >= 0.3 is 0 Å². The average Bonchev–Trinajstić information content (AvgIpc) is 2.39. The number of amides is 1. The van der Waals surface area contributed by atoms with Crippen LogP contribution in [-0.2, 0) is 0 Å². The highest BCUT2D eigenvalue weighted by atomic mass is 16.2. The van der Waals surface area contributed by atoms with Crippen molar-refractivity contribution in [3.8, 4) is 0 Å². The van der Waals surface area contributed by atoms with Gasteiger partial charge in [0.2, 0.25) is 0 Å². The Kier molecular flexibility index (Phi) is 5.49. The Morgan fingerprint density at radius 1 is 1.35 bits per heavy atom. The van der Waals surface area contributed by atoms with E-state index in [-0.39, 0.29) is 5.91 Å². The molecule has 1 aromatic carbocycles. The second-order valence-corrected chi connectivity index (χ2v) is 3.93. The Hall–Kier alpha value is -1.55. The summed E-state index contributed by atoms with van der Waals surface area (Å²) in [6.45, 7) is 5.63. The summed E-state index contributed by atoms with van der Waals surface area (Å²) in [7, 11) is 0. The maximum atomic E-state index is 12.3. The monoisotopic (exact) mass is 235 g/mol. The van der Waals surface area contributed by atoms with Crippen molar-refractivity contribution in [1.82, 2.24) is 4.90 Å². The Balaban J connectivity index is 2.85. The van der Waals surface area contributed by atoms with Crippen LogP contribution in [0.1, 0.15) is 37.0 Å². The van der Waals surface area contributed by atoms with Crippen molar-refractivity contribution < 1.29 is 4.79 Å². The molecule has 0 unspecified atom stereocenters. The van der Waals surface area contributed by atoms with Gasteiger partial charge in [0.25, 0.3) is 5.91 Å². The number of nitrogens with one attached hydrogen (secondary N) is 1. The minimum Gasteiger partial charge on any atom is -0.339 e. The zero-order chi connectivity index (χ0) is 12.7. The van der Waals surface area contributed by atoms with Crippen LogP contribution in [0, 0.1) is 0 Å². The largest absolute Gasteiger partial charge is 0.339 e. The molecule has 0 aliphatic carbocycles. The quantitative estimate of drug-likeness (QED) is 0.587. The summed E-state index contributed by atoms with van der Waals surface area (Å²) >= 11 is 0.